The zero-order valence-corrected chi connectivity index (χ0v) is 13.3. The zero-order chi connectivity index (χ0) is 15.0. The molecule has 1 aromatic heterocycles. The fraction of sp³-hybridized carbons (Fsp3) is 0.750. The van der Waals surface area contributed by atoms with Crippen molar-refractivity contribution in [2.45, 2.75) is 31.2 Å². The average Bonchev–Trinajstić information content (AvgIpc) is 2.79. The Hall–Kier alpha value is -0.630. The Morgan fingerprint density at radius 1 is 1.45 bits per heavy atom. The van der Waals surface area contributed by atoms with Crippen LogP contribution in [0.25, 0.3) is 0 Å². The van der Waals surface area contributed by atoms with Crippen LogP contribution < -0.4 is 0 Å². The highest BCUT2D eigenvalue weighted by Gasteiger charge is 2.38. The Kier molecular flexibility index (Phi) is 4.44. The Morgan fingerprint density at radius 2 is 2.05 bits per heavy atom. The normalized spacial score (nSPS) is 20.2. The summed E-state index contributed by atoms with van der Waals surface area (Å²) in [6.45, 7) is 2.91. The van der Waals surface area contributed by atoms with Crippen molar-refractivity contribution in [2.24, 2.45) is 12.5 Å². The van der Waals surface area contributed by atoms with E-state index in [4.69, 9.17) is 11.6 Å². The molecule has 2 rings (SSSR count). The van der Waals surface area contributed by atoms with Crippen molar-refractivity contribution in [1.82, 2.24) is 13.9 Å². The monoisotopic (exact) mass is 321 g/mol. The number of hydrogen-bond acceptors (Lipinski definition) is 4. The van der Waals surface area contributed by atoms with E-state index < -0.39 is 10.0 Å². The molecule has 0 unspecified atom stereocenters. The number of aliphatic hydroxyl groups excluding tert-OH is 1. The number of rotatable bonds is 4. The number of nitrogens with zero attached hydrogens (tertiary/aromatic N) is 3. The van der Waals surface area contributed by atoms with Crippen LogP contribution in [-0.2, 0) is 17.1 Å². The maximum atomic E-state index is 12.5. The first-order valence-electron chi connectivity index (χ1n) is 6.64. The van der Waals surface area contributed by atoms with Gasteiger partial charge in [0.2, 0.25) is 5.03 Å². The van der Waals surface area contributed by atoms with Gasteiger partial charge in [0.25, 0.3) is 10.0 Å². The molecule has 0 spiro atoms. The van der Waals surface area contributed by atoms with Crippen molar-refractivity contribution in [2.75, 3.05) is 19.7 Å². The SMILES string of the molecule is CCC1(CO)CCN(S(=O)(=O)c2ncn(C)c2Cl)CC1. The highest BCUT2D eigenvalue weighted by molar-refractivity contribution is 7.89. The summed E-state index contributed by atoms with van der Waals surface area (Å²) in [6, 6.07) is 0. The van der Waals surface area contributed by atoms with E-state index in [2.05, 4.69) is 4.98 Å². The summed E-state index contributed by atoms with van der Waals surface area (Å²) >= 11 is 5.98. The molecule has 0 amide bonds. The van der Waals surface area contributed by atoms with E-state index in [1.807, 2.05) is 6.92 Å². The molecule has 0 bridgehead atoms. The van der Waals surface area contributed by atoms with Crippen molar-refractivity contribution >= 4 is 21.6 Å². The summed E-state index contributed by atoms with van der Waals surface area (Å²) < 4.78 is 27.9. The highest BCUT2D eigenvalue weighted by Crippen LogP contribution is 2.36. The maximum absolute atomic E-state index is 12.5. The van der Waals surface area contributed by atoms with Crippen molar-refractivity contribution in [3.05, 3.63) is 11.5 Å². The van der Waals surface area contributed by atoms with Gasteiger partial charge in [0.15, 0.2) is 0 Å². The van der Waals surface area contributed by atoms with Gasteiger partial charge >= 0.3 is 0 Å². The molecule has 1 fully saturated rings. The molecule has 8 heteroatoms. The van der Waals surface area contributed by atoms with Crippen LogP contribution in [0.5, 0.6) is 0 Å². The summed E-state index contributed by atoms with van der Waals surface area (Å²) in [5.74, 6) is 0. The van der Waals surface area contributed by atoms with Gasteiger partial charge < -0.3 is 9.67 Å². The maximum Gasteiger partial charge on any atom is 0.263 e. The van der Waals surface area contributed by atoms with Crippen molar-refractivity contribution in [3.8, 4) is 0 Å². The lowest BCUT2D eigenvalue weighted by molar-refractivity contribution is 0.0647. The van der Waals surface area contributed by atoms with Crippen molar-refractivity contribution in [3.63, 3.8) is 0 Å². The standard InChI is InChI=1S/C12H20ClN3O3S/c1-3-12(8-17)4-6-16(7-5-12)20(18,19)11-10(13)15(2)9-14-11/h9,17H,3-8H2,1-2H3. The van der Waals surface area contributed by atoms with Crippen molar-refractivity contribution in [1.29, 1.82) is 0 Å². The largest absolute Gasteiger partial charge is 0.396 e. The van der Waals surface area contributed by atoms with Gasteiger partial charge in [-0.05, 0) is 24.7 Å². The fourth-order valence-electron chi connectivity index (χ4n) is 2.51. The molecule has 0 aromatic carbocycles. The molecule has 0 aliphatic carbocycles. The van der Waals surface area contributed by atoms with Gasteiger partial charge in [0, 0.05) is 26.7 Å². The Labute approximate surface area is 124 Å². The average molecular weight is 322 g/mol. The molecule has 1 N–H and O–H groups in total. The topological polar surface area (TPSA) is 75.4 Å². The number of hydrogen-bond donors (Lipinski definition) is 1. The number of piperidine rings is 1. The van der Waals surface area contributed by atoms with Crippen LogP contribution >= 0.6 is 11.6 Å². The number of aryl methyl sites for hydroxylation is 1. The molecular formula is C12H20ClN3O3S. The van der Waals surface area contributed by atoms with E-state index in [1.54, 1.807) is 7.05 Å². The molecule has 1 aromatic rings. The van der Waals surface area contributed by atoms with E-state index in [1.165, 1.54) is 15.2 Å². The van der Waals surface area contributed by atoms with Crippen molar-refractivity contribution < 1.29 is 13.5 Å². The van der Waals surface area contributed by atoms with E-state index in [0.29, 0.717) is 25.9 Å². The minimum absolute atomic E-state index is 0.0883. The number of aliphatic hydroxyl groups is 1. The van der Waals surface area contributed by atoms with E-state index in [0.717, 1.165) is 6.42 Å². The first-order valence-corrected chi connectivity index (χ1v) is 8.46. The van der Waals surface area contributed by atoms with Gasteiger partial charge in [-0.1, -0.05) is 18.5 Å². The second-order valence-electron chi connectivity index (χ2n) is 5.37. The third-order valence-electron chi connectivity index (χ3n) is 4.29. The number of imidazole rings is 1. The number of aromatic nitrogens is 2. The van der Waals surface area contributed by atoms with E-state index in [9.17, 15) is 13.5 Å². The summed E-state index contributed by atoms with van der Waals surface area (Å²) in [5, 5.41) is 9.53. The fourth-order valence-corrected chi connectivity index (χ4v) is 4.34. The minimum Gasteiger partial charge on any atom is -0.396 e. The molecule has 6 nitrogen and oxygen atoms in total. The number of sulfonamides is 1. The predicted molar refractivity (Wildman–Crippen MR) is 76.0 cm³/mol. The molecule has 1 aliphatic heterocycles. The van der Waals surface area contributed by atoms with Crippen LogP contribution in [0.3, 0.4) is 0 Å². The number of halogens is 1. The first kappa shape index (κ1) is 15.8. The van der Waals surface area contributed by atoms with Gasteiger partial charge in [-0.15, -0.1) is 0 Å². The molecule has 0 atom stereocenters. The van der Waals surface area contributed by atoms with Crippen LogP contribution in [0.1, 0.15) is 26.2 Å². The minimum atomic E-state index is -3.65. The van der Waals surface area contributed by atoms with Crippen LogP contribution in [0.4, 0.5) is 0 Å². The zero-order valence-electron chi connectivity index (χ0n) is 11.7. The second kappa shape index (κ2) is 5.63. The molecule has 2 heterocycles. The second-order valence-corrected chi connectivity index (χ2v) is 7.58. The molecule has 20 heavy (non-hydrogen) atoms. The predicted octanol–water partition coefficient (Wildman–Crippen LogP) is 1.25. The third-order valence-corrected chi connectivity index (χ3v) is 6.68. The van der Waals surface area contributed by atoms with Gasteiger partial charge in [-0.25, -0.2) is 13.4 Å². The summed E-state index contributed by atoms with van der Waals surface area (Å²) in [6.07, 6.45) is 3.55. The highest BCUT2D eigenvalue weighted by atomic mass is 35.5. The lowest BCUT2D eigenvalue weighted by atomic mass is 9.77. The van der Waals surface area contributed by atoms with Crippen LogP contribution in [-0.4, -0.2) is 47.1 Å². The molecule has 114 valence electrons. The van der Waals surface area contributed by atoms with Crippen LogP contribution in [0.2, 0.25) is 5.15 Å². The van der Waals surface area contributed by atoms with E-state index in [-0.39, 0.29) is 22.2 Å². The summed E-state index contributed by atoms with van der Waals surface area (Å²) in [5.41, 5.74) is -0.153. The molecule has 0 saturated carbocycles. The lowest BCUT2D eigenvalue weighted by Gasteiger charge is -2.39. The lowest BCUT2D eigenvalue weighted by Crippen LogP contribution is -2.44. The summed E-state index contributed by atoms with van der Waals surface area (Å²) in [4.78, 5) is 3.89. The van der Waals surface area contributed by atoms with E-state index >= 15 is 0 Å². The van der Waals surface area contributed by atoms with Crippen LogP contribution in [0, 0.1) is 5.41 Å². The van der Waals surface area contributed by atoms with Gasteiger partial charge in [0.1, 0.15) is 5.15 Å². The molecule has 1 saturated heterocycles. The van der Waals surface area contributed by atoms with Gasteiger partial charge in [-0.3, -0.25) is 0 Å². The van der Waals surface area contributed by atoms with Gasteiger partial charge in [-0.2, -0.15) is 4.31 Å². The molecular weight excluding hydrogens is 302 g/mol. The Bertz CT molecular complexity index is 571. The Morgan fingerprint density at radius 3 is 2.45 bits per heavy atom. The smallest absolute Gasteiger partial charge is 0.263 e. The Balaban J connectivity index is 2.20. The quantitative estimate of drug-likeness (QED) is 0.905. The molecule has 1 aliphatic rings. The summed E-state index contributed by atoms with van der Waals surface area (Å²) in [7, 11) is -2.00. The molecule has 0 radical (unpaired) electrons. The first-order chi connectivity index (χ1) is 9.36. The van der Waals surface area contributed by atoms with Gasteiger partial charge in [0.05, 0.1) is 6.33 Å². The third kappa shape index (κ3) is 2.59. The van der Waals surface area contributed by atoms with Crippen LogP contribution in [0.15, 0.2) is 11.4 Å².